The molecular weight excluding hydrogens is 270 g/mol. The molecule has 1 N–H and O–H groups in total. The van der Waals surface area contributed by atoms with E-state index >= 15 is 0 Å². The Morgan fingerprint density at radius 3 is 3.11 bits per heavy atom. The predicted octanol–water partition coefficient (Wildman–Crippen LogP) is 1.67. The van der Waals surface area contributed by atoms with Gasteiger partial charge in [-0.2, -0.15) is 0 Å². The van der Waals surface area contributed by atoms with Crippen molar-refractivity contribution in [1.82, 2.24) is 4.90 Å². The average Bonchev–Trinajstić information content (AvgIpc) is 3.06. The highest BCUT2D eigenvalue weighted by Gasteiger charge is 2.30. The second-order valence-electron chi connectivity index (χ2n) is 4.67. The van der Waals surface area contributed by atoms with Crippen LogP contribution in [0.25, 0.3) is 0 Å². The summed E-state index contributed by atoms with van der Waals surface area (Å²) in [6.45, 7) is 0.774. The third-order valence-corrected chi connectivity index (χ3v) is 3.80. The fourth-order valence-electron chi connectivity index (χ4n) is 2.55. The average molecular weight is 284 g/mol. The minimum absolute atomic E-state index is 0.00990. The quantitative estimate of drug-likeness (QED) is 0.897. The molecule has 0 radical (unpaired) electrons. The largest absolute Gasteiger partial charge is 0.454 e. The zero-order valence-corrected chi connectivity index (χ0v) is 11.0. The summed E-state index contributed by atoms with van der Waals surface area (Å²) in [6.07, 6.45) is 1.75. The molecule has 5 nitrogen and oxygen atoms in total. The molecule has 102 valence electrons. The molecule has 2 aliphatic heterocycles. The first-order chi connectivity index (χ1) is 9.20. The summed E-state index contributed by atoms with van der Waals surface area (Å²) in [5.41, 5.74) is 0.467. The Morgan fingerprint density at radius 2 is 2.32 bits per heavy atom. The highest BCUT2D eigenvalue weighted by molar-refractivity contribution is 6.32. The van der Waals surface area contributed by atoms with E-state index in [1.807, 2.05) is 0 Å². The fourth-order valence-corrected chi connectivity index (χ4v) is 2.81. The van der Waals surface area contributed by atoms with Gasteiger partial charge in [-0.05, 0) is 25.0 Å². The van der Waals surface area contributed by atoms with Crippen molar-refractivity contribution < 1.29 is 19.4 Å². The van der Waals surface area contributed by atoms with Crippen LogP contribution in [0.2, 0.25) is 5.02 Å². The molecule has 19 heavy (non-hydrogen) atoms. The van der Waals surface area contributed by atoms with Crippen LogP contribution in [0.15, 0.2) is 12.1 Å². The highest BCUT2D eigenvalue weighted by Crippen LogP contribution is 2.40. The van der Waals surface area contributed by atoms with Crippen LogP contribution in [0.1, 0.15) is 23.2 Å². The van der Waals surface area contributed by atoms with E-state index in [0.29, 0.717) is 28.6 Å². The van der Waals surface area contributed by atoms with E-state index in [2.05, 4.69) is 0 Å². The number of fused-ring (bicyclic) bond motifs is 1. The molecule has 1 unspecified atom stereocenters. The Balaban J connectivity index is 1.90. The van der Waals surface area contributed by atoms with E-state index in [0.717, 1.165) is 12.8 Å². The van der Waals surface area contributed by atoms with Crippen molar-refractivity contribution in [3.05, 3.63) is 22.7 Å². The lowest BCUT2D eigenvalue weighted by atomic mass is 10.1. The molecule has 2 heterocycles. The number of hydrogen-bond acceptors (Lipinski definition) is 4. The predicted molar refractivity (Wildman–Crippen MR) is 68.7 cm³/mol. The van der Waals surface area contributed by atoms with Crippen LogP contribution in [0.3, 0.4) is 0 Å². The van der Waals surface area contributed by atoms with Crippen molar-refractivity contribution in [2.45, 2.75) is 18.9 Å². The Hall–Kier alpha value is -1.46. The van der Waals surface area contributed by atoms with Crippen LogP contribution in [0, 0.1) is 0 Å². The second-order valence-corrected chi connectivity index (χ2v) is 5.08. The number of carbonyl (C=O) groups excluding carboxylic acids is 1. The second kappa shape index (κ2) is 4.90. The summed E-state index contributed by atoms with van der Waals surface area (Å²) in [5, 5.41) is 9.65. The number of ether oxygens (including phenoxy) is 2. The molecule has 0 aromatic heterocycles. The van der Waals surface area contributed by atoms with E-state index in [4.69, 9.17) is 21.1 Å². The van der Waals surface area contributed by atoms with Crippen molar-refractivity contribution in [3.8, 4) is 11.5 Å². The standard InChI is InChI=1S/C13H14ClNO4/c14-10-4-8(5-11-12(10)19-7-18-11)13(17)15-3-1-2-9(15)6-16/h4-5,9,16H,1-3,6-7H2. The summed E-state index contributed by atoms with van der Waals surface area (Å²) in [5.74, 6) is 0.852. The highest BCUT2D eigenvalue weighted by atomic mass is 35.5. The van der Waals surface area contributed by atoms with Gasteiger partial charge in [0.1, 0.15) is 0 Å². The van der Waals surface area contributed by atoms with Gasteiger partial charge >= 0.3 is 0 Å². The number of aliphatic hydroxyl groups is 1. The topological polar surface area (TPSA) is 59.0 Å². The summed E-state index contributed by atoms with van der Waals surface area (Å²) < 4.78 is 10.5. The molecule has 0 bridgehead atoms. The number of halogens is 1. The van der Waals surface area contributed by atoms with Gasteiger partial charge in [-0.15, -0.1) is 0 Å². The van der Waals surface area contributed by atoms with Crippen LogP contribution < -0.4 is 9.47 Å². The zero-order chi connectivity index (χ0) is 13.4. The molecule has 3 rings (SSSR count). The van der Waals surface area contributed by atoms with Crippen LogP contribution in [-0.2, 0) is 0 Å². The fraction of sp³-hybridized carbons (Fsp3) is 0.462. The molecule has 1 atom stereocenters. The molecule has 6 heteroatoms. The van der Waals surface area contributed by atoms with Gasteiger partial charge in [-0.25, -0.2) is 0 Å². The Bertz CT molecular complexity index is 520. The molecule has 1 amide bonds. The third kappa shape index (κ3) is 2.13. The Kier molecular flexibility index (Phi) is 3.24. The number of amides is 1. The maximum absolute atomic E-state index is 12.4. The zero-order valence-electron chi connectivity index (χ0n) is 10.3. The molecule has 1 fully saturated rings. The number of rotatable bonds is 2. The van der Waals surface area contributed by atoms with Crippen molar-refractivity contribution in [3.63, 3.8) is 0 Å². The van der Waals surface area contributed by atoms with Gasteiger partial charge in [-0.3, -0.25) is 4.79 Å². The van der Waals surface area contributed by atoms with Crippen LogP contribution >= 0.6 is 11.6 Å². The first-order valence-electron chi connectivity index (χ1n) is 6.21. The Labute approximate surface area is 115 Å². The van der Waals surface area contributed by atoms with Gasteiger partial charge < -0.3 is 19.5 Å². The van der Waals surface area contributed by atoms with Crippen molar-refractivity contribution >= 4 is 17.5 Å². The molecule has 2 aliphatic rings. The summed E-state index contributed by atoms with van der Waals surface area (Å²) in [6, 6.07) is 3.13. The monoisotopic (exact) mass is 283 g/mol. The molecule has 0 aliphatic carbocycles. The van der Waals surface area contributed by atoms with Gasteiger partial charge in [0.05, 0.1) is 17.7 Å². The number of likely N-dealkylation sites (tertiary alicyclic amines) is 1. The van der Waals surface area contributed by atoms with Gasteiger partial charge in [0, 0.05) is 12.1 Å². The third-order valence-electron chi connectivity index (χ3n) is 3.52. The van der Waals surface area contributed by atoms with Gasteiger partial charge in [0.2, 0.25) is 6.79 Å². The van der Waals surface area contributed by atoms with E-state index < -0.39 is 0 Å². The number of aliphatic hydroxyl groups excluding tert-OH is 1. The van der Waals surface area contributed by atoms with Gasteiger partial charge in [0.15, 0.2) is 11.5 Å². The van der Waals surface area contributed by atoms with Crippen molar-refractivity contribution in [2.75, 3.05) is 19.9 Å². The van der Waals surface area contributed by atoms with Crippen molar-refractivity contribution in [1.29, 1.82) is 0 Å². The SMILES string of the molecule is O=C(c1cc(Cl)c2c(c1)OCO2)N1CCCC1CO. The lowest BCUT2D eigenvalue weighted by Gasteiger charge is -2.23. The smallest absolute Gasteiger partial charge is 0.254 e. The lowest BCUT2D eigenvalue weighted by Crippen LogP contribution is -2.37. The number of hydrogen-bond donors (Lipinski definition) is 1. The van der Waals surface area contributed by atoms with E-state index in [1.165, 1.54) is 0 Å². The van der Waals surface area contributed by atoms with Gasteiger partial charge in [0.25, 0.3) is 5.91 Å². The van der Waals surface area contributed by atoms with Gasteiger partial charge in [-0.1, -0.05) is 11.6 Å². The Morgan fingerprint density at radius 1 is 1.47 bits per heavy atom. The minimum atomic E-state index is -0.128. The molecule has 0 saturated carbocycles. The number of nitrogens with zero attached hydrogens (tertiary/aromatic N) is 1. The summed E-state index contributed by atoms with van der Waals surface area (Å²) in [4.78, 5) is 14.1. The molecule has 1 aromatic carbocycles. The number of benzene rings is 1. The van der Waals surface area contributed by atoms with E-state index in [9.17, 15) is 9.90 Å². The van der Waals surface area contributed by atoms with E-state index in [-0.39, 0.29) is 25.3 Å². The van der Waals surface area contributed by atoms with Crippen LogP contribution in [0.5, 0.6) is 11.5 Å². The van der Waals surface area contributed by atoms with Crippen LogP contribution in [0.4, 0.5) is 0 Å². The first kappa shape index (κ1) is 12.6. The van der Waals surface area contributed by atoms with Crippen molar-refractivity contribution in [2.24, 2.45) is 0 Å². The lowest BCUT2D eigenvalue weighted by molar-refractivity contribution is 0.0677. The molecule has 1 aromatic rings. The molecular formula is C13H14ClNO4. The molecule has 0 spiro atoms. The summed E-state index contributed by atoms with van der Waals surface area (Å²) in [7, 11) is 0. The maximum atomic E-state index is 12.4. The van der Waals surface area contributed by atoms with Crippen LogP contribution in [-0.4, -0.2) is 41.9 Å². The van der Waals surface area contributed by atoms with E-state index in [1.54, 1.807) is 17.0 Å². The molecule has 1 saturated heterocycles. The maximum Gasteiger partial charge on any atom is 0.254 e. The minimum Gasteiger partial charge on any atom is -0.454 e. The first-order valence-corrected chi connectivity index (χ1v) is 6.59. The normalized spacial score (nSPS) is 20.9. The number of carbonyl (C=O) groups is 1. The summed E-state index contributed by atoms with van der Waals surface area (Å²) >= 11 is 6.07.